The van der Waals surface area contributed by atoms with E-state index < -0.39 is 22.0 Å². The number of rotatable bonds is 7. The second kappa shape index (κ2) is 9.80. The van der Waals surface area contributed by atoms with Gasteiger partial charge in [0.15, 0.2) is 0 Å². The Hall–Kier alpha value is -4.42. The average molecular weight is 462 g/mol. The summed E-state index contributed by atoms with van der Waals surface area (Å²) in [7, 11) is -4.05. The Morgan fingerprint density at radius 3 is 2.30 bits per heavy atom. The fourth-order valence-electron chi connectivity index (χ4n) is 2.75. The molecule has 9 heteroatoms. The minimum Gasteiger partial charge on any atom is -0.478 e. The summed E-state index contributed by atoms with van der Waals surface area (Å²) in [5.74, 6) is -1.79. The van der Waals surface area contributed by atoms with Crippen molar-refractivity contribution in [3.8, 4) is 11.8 Å². The SMILES string of the molecule is Cc1ccc(S(=O)(=O)Oc2cccc(/C=C(\C#N)C(=O)Nc3ccc(C(=O)O)cc3)c2)cc1. The van der Waals surface area contributed by atoms with Gasteiger partial charge in [0.2, 0.25) is 0 Å². The normalized spacial score (nSPS) is 11.3. The molecule has 0 unspecified atom stereocenters. The van der Waals surface area contributed by atoms with E-state index in [1.54, 1.807) is 24.3 Å². The number of aromatic carboxylic acids is 1. The number of carboxylic acid groups (broad SMARTS) is 1. The highest BCUT2D eigenvalue weighted by atomic mass is 32.2. The minimum absolute atomic E-state index is 0.0000495. The van der Waals surface area contributed by atoms with Crippen molar-refractivity contribution in [1.82, 2.24) is 0 Å². The first-order valence-corrected chi connectivity index (χ1v) is 11.0. The number of carbonyl (C=O) groups excluding carboxylic acids is 1. The molecule has 0 heterocycles. The summed E-state index contributed by atoms with van der Waals surface area (Å²) >= 11 is 0. The molecule has 0 saturated carbocycles. The van der Waals surface area contributed by atoms with Gasteiger partial charge in [-0.05, 0) is 67.1 Å². The summed E-state index contributed by atoms with van der Waals surface area (Å²) in [6.07, 6.45) is 1.28. The Morgan fingerprint density at radius 1 is 1.03 bits per heavy atom. The smallest absolute Gasteiger partial charge is 0.339 e. The number of benzene rings is 3. The summed E-state index contributed by atoms with van der Waals surface area (Å²) in [6, 6.07) is 19.4. The number of nitrogens with zero attached hydrogens (tertiary/aromatic N) is 1. The molecule has 0 spiro atoms. The predicted molar refractivity (Wildman–Crippen MR) is 121 cm³/mol. The summed E-state index contributed by atoms with van der Waals surface area (Å²) in [4.78, 5) is 23.4. The maximum Gasteiger partial charge on any atom is 0.339 e. The van der Waals surface area contributed by atoms with Crippen LogP contribution in [-0.4, -0.2) is 25.4 Å². The summed E-state index contributed by atoms with van der Waals surface area (Å²) < 4.78 is 30.2. The van der Waals surface area contributed by atoms with Crippen LogP contribution in [0, 0.1) is 18.3 Å². The van der Waals surface area contributed by atoms with Crippen molar-refractivity contribution < 1.29 is 27.3 Å². The van der Waals surface area contributed by atoms with Crippen LogP contribution in [0.15, 0.2) is 83.3 Å². The molecule has 0 fully saturated rings. The lowest BCUT2D eigenvalue weighted by atomic mass is 10.1. The first-order valence-electron chi connectivity index (χ1n) is 9.56. The lowest BCUT2D eigenvalue weighted by Gasteiger charge is -2.08. The zero-order chi connectivity index (χ0) is 24.0. The highest BCUT2D eigenvalue weighted by Crippen LogP contribution is 2.22. The molecule has 0 radical (unpaired) electrons. The summed E-state index contributed by atoms with van der Waals surface area (Å²) in [5, 5.41) is 20.8. The van der Waals surface area contributed by atoms with E-state index in [1.165, 1.54) is 60.7 Å². The molecular formula is C24H18N2O6S. The van der Waals surface area contributed by atoms with Gasteiger partial charge in [-0.25, -0.2) is 4.79 Å². The maximum absolute atomic E-state index is 12.5. The first kappa shape index (κ1) is 23.2. The topological polar surface area (TPSA) is 134 Å². The number of carbonyl (C=O) groups is 2. The first-order chi connectivity index (χ1) is 15.7. The van der Waals surface area contributed by atoms with Gasteiger partial charge in [0.25, 0.3) is 5.91 Å². The Bertz CT molecular complexity index is 1370. The molecule has 0 aromatic heterocycles. The molecule has 3 aromatic carbocycles. The molecule has 0 aliphatic heterocycles. The van der Waals surface area contributed by atoms with Crippen LogP contribution in [-0.2, 0) is 14.9 Å². The van der Waals surface area contributed by atoms with E-state index in [0.29, 0.717) is 11.3 Å². The van der Waals surface area contributed by atoms with E-state index in [-0.39, 0.29) is 21.8 Å². The van der Waals surface area contributed by atoms with Gasteiger partial charge in [0, 0.05) is 5.69 Å². The van der Waals surface area contributed by atoms with Crippen molar-refractivity contribution in [3.05, 3.63) is 95.1 Å². The Balaban J connectivity index is 1.78. The van der Waals surface area contributed by atoms with Gasteiger partial charge in [-0.3, -0.25) is 4.79 Å². The number of nitrogens with one attached hydrogen (secondary N) is 1. The zero-order valence-electron chi connectivity index (χ0n) is 17.3. The van der Waals surface area contributed by atoms with E-state index in [1.807, 2.05) is 6.92 Å². The third-order valence-electron chi connectivity index (χ3n) is 4.44. The molecule has 0 aliphatic carbocycles. The summed E-state index contributed by atoms with van der Waals surface area (Å²) in [6.45, 7) is 1.83. The number of nitriles is 1. The van der Waals surface area contributed by atoms with E-state index in [9.17, 15) is 23.3 Å². The van der Waals surface area contributed by atoms with Gasteiger partial charge in [-0.1, -0.05) is 29.8 Å². The second-order valence-electron chi connectivity index (χ2n) is 6.93. The van der Waals surface area contributed by atoms with Crippen LogP contribution in [0.1, 0.15) is 21.5 Å². The standard InChI is InChI=1S/C24H18N2O6S/c1-16-5-11-22(12-6-16)33(30,31)32-21-4-2-3-17(14-21)13-19(15-25)23(27)26-20-9-7-18(8-10-20)24(28)29/h2-14H,1H3,(H,26,27)(H,28,29)/b19-13+. The van der Waals surface area contributed by atoms with Crippen molar-refractivity contribution in [2.24, 2.45) is 0 Å². The second-order valence-corrected chi connectivity index (χ2v) is 8.48. The molecule has 3 aromatic rings. The van der Waals surface area contributed by atoms with Crippen LogP contribution >= 0.6 is 0 Å². The number of anilines is 1. The largest absolute Gasteiger partial charge is 0.478 e. The van der Waals surface area contributed by atoms with E-state index in [2.05, 4.69) is 5.32 Å². The molecule has 3 rings (SSSR count). The van der Waals surface area contributed by atoms with E-state index in [4.69, 9.17) is 9.29 Å². The van der Waals surface area contributed by atoms with Gasteiger partial charge < -0.3 is 14.6 Å². The number of aryl methyl sites for hydroxylation is 1. The molecule has 0 atom stereocenters. The molecule has 0 saturated heterocycles. The molecule has 2 N–H and O–H groups in total. The predicted octanol–water partition coefficient (Wildman–Crippen LogP) is 4.01. The minimum atomic E-state index is -4.05. The highest BCUT2D eigenvalue weighted by Gasteiger charge is 2.17. The van der Waals surface area contributed by atoms with Gasteiger partial charge in [0.1, 0.15) is 22.3 Å². The number of hydrogen-bond donors (Lipinski definition) is 2. The Morgan fingerprint density at radius 2 is 1.70 bits per heavy atom. The van der Waals surface area contributed by atoms with Crippen molar-refractivity contribution in [2.45, 2.75) is 11.8 Å². The van der Waals surface area contributed by atoms with Gasteiger partial charge in [0.05, 0.1) is 5.56 Å². The van der Waals surface area contributed by atoms with Crippen LogP contribution < -0.4 is 9.50 Å². The molecule has 8 nitrogen and oxygen atoms in total. The van der Waals surface area contributed by atoms with E-state index in [0.717, 1.165) is 5.56 Å². The van der Waals surface area contributed by atoms with Crippen LogP contribution in [0.25, 0.3) is 6.08 Å². The molecular weight excluding hydrogens is 444 g/mol. The van der Waals surface area contributed by atoms with E-state index >= 15 is 0 Å². The number of carboxylic acids is 1. The van der Waals surface area contributed by atoms with Gasteiger partial charge in [-0.2, -0.15) is 13.7 Å². The van der Waals surface area contributed by atoms with Crippen LogP contribution in [0.4, 0.5) is 5.69 Å². The van der Waals surface area contributed by atoms with Crippen LogP contribution in [0.5, 0.6) is 5.75 Å². The third-order valence-corrected chi connectivity index (χ3v) is 5.70. The summed E-state index contributed by atoms with van der Waals surface area (Å²) in [5.41, 5.74) is 1.41. The highest BCUT2D eigenvalue weighted by molar-refractivity contribution is 7.87. The lowest BCUT2D eigenvalue weighted by Crippen LogP contribution is -2.13. The van der Waals surface area contributed by atoms with Gasteiger partial charge >= 0.3 is 16.1 Å². The van der Waals surface area contributed by atoms with Crippen molar-refractivity contribution in [3.63, 3.8) is 0 Å². The average Bonchev–Trinajstić information content (AvgIpc) is 2.78. The molecule has 1 amide bonds. The monoisotopic (exact) mass is 462 g/mol. The Labute approximate surface area is 190 Å². The lowest BCUT2D eigenvalue weighted by molar-refractivity contribution is -0.112. The van der Waals surface area contributed by atoms with Crippen LogP contribution in [0.3, 0.4) is 0 Å². The fourth-order valence-corrected chi connectivity index (χ4v) is 3.67. The van der Waals surface area contributed by atoms with Crippen molar-refractivity contribution >= 4 is 33.8 Å². The molecule has 166 valence electrons. The maximum atomic E-state index is 12.5. The number of amides is 1. The third kappa shape index (κ3) is 6.06. The van der Waals surface area contributed by atoms with Gasteiger partial charge in [-0.15, -0.1) is 0 Å². The Kier molecular flexibility index (Phi) is 6.91. The van der Waals surface area contributed by atoms with Crippen LogP contribution in [0.2, 0.25) is 0 Å². The number of hydrogen-bond acceptors (Lipinski definition) is 6. The fraction of sp³-hybridized carbons (Fsp3) is 0.0417. The van der Waals surface area contributed by atoms with Crippen molar-refractivity contribution in [1.29, 1.82) is 5.26 Å². The molecule has 0 bridgehead atoms. The van der Waals surface area contributed by atoms with Crippen molar-refractivity contribution in [2.75, 3.05) is 5.32 Å². The quantitative estimate of drug-likeness (QED) is 0.308. The molecule has 33 heavy (non-hydrogen) atoms. The molecule has 0 aliphatic rings. The zero-order valence-corrected chi connectivity index (χ0v) is 18.2.